The van der Waals surface area contributed by atoms with E-state index >= 15 is 0 Å². The normalized spacial score (nSPS) is 21.7. The summed E-state index contributed by atoms with van der Waals surface area (Å²) in [6, 6.07) is 13.8. The third kappa shape index (κ3) is 7.11. The van der Waals surface area contributed by atoms with Crippen LogP contribution in [-0.2, 0) is 16.6 Å². The summed E-state index contributed by atoms with van der Waals surface area (Å²) < 4.78 is 3.14. The predicted molar refractivity (Wildman–Crippen MR) is 204 cm³/mol. The molecule has 2 atom stereocenters. The number of fused-ring (bicyclic) bond motifs is 1. The Kier molecular flexibility index (Phi) is 9.62. The largest absolute Gasteiger partial charge is 0.371 e. The Morgan fingerprint density at radius 3 is 2.42 bits per heavy atom. The molecule has 4 aliphatic rings. The summed E-state index contributed by atoms with van der Waals surface area (Å²) in [5.74, 6) is 0.896. The molecule has 4 aromatic rings. The molecule has 2 aromatic carbocycles. The maximum Gasteiger partial charge on any atom is 0.329 e. The molecule has 278 valence electrons. The standard InChI is InChI=1S/C39H48N10O4/c1-45-32-21-29(9-10-30(32)49(39(45)53)31-11-12-34(50)44-38(31)52)48-20-13-25(24-48)23-46-18-14-27(15-19-46)26-5-7-28(8-6-26)42-37-35(36(40)51)41-22-33(43-37)47-16-3-2-4-17-47/h5-10,21-22,25,27,31H,2-4,11-20,23-24H2,1H3,(H2,40,51)(H,42,43)(H,44,50,52)/t25-,31+/m0/s1. The van der Waals surface area contributed by atoms with Crippen molar-refractivity contribution in [3.63, 3.8) is 0 Å². The monoisotopic (exact) mass is 720 g/mol. The van der Waals surface area contributed by atoms with E-state index in [1.807, 2.05) is 18.2 Å². The minimum atomic E-state index is -0.683. The highest BCUT2D eigenvalue weighted by Gasteiger charge is 2.32. The van der Waals surface area contributed by atoms with Gasteiger partial charge in [0.05, 0.1) is 17.2 Å². The number of primary amides is 1. The molecular weight excluding hydrogens is 672 g/mol. The Bertz CT molecular complexity index is 2080. The Balaban J connectivity index is 0.853. The van der Waals surface area contributed by atoms with Crippen molar-refractivity contribution in [1.29, 1.82) is 0 Å². The van der Waals surface area contributed by atoms with E-state index in [1.54, 1.807) is 17.8 Å². The predicted octanol–water partition coefficient (Wildman–Crippen LogP) is 3.65. The molecule has 0 bridgehead atoms. The lowest BCUT2D eigenvalue weighted by Crippen LogP contribution is -2.44. The van der Waals surface area contributed by atoms with E-state index in [2.05, 4.69) is 54.6 Å². The van der Waals surface area contributed by atoms with Crippen molar-refractivity contribution in [3.05, 3.63) is 70.4 Å². The number of benzene rings is 2. The highest BCUT2D eigenvalue weighted by molar-refractivity contribution is 6.00. The third-order valence-corrected chi connectivity index (χ3v) is 11.7. The Hall–Kier alpha value is -5.24. The molecule has 6 heterocycles. The quantitative estimate of drug-likeness (QED) is 0.218. The summed E-state index contributed by atoms with van der Waals surface area (Å²) in [6.07, 6.45) is 8.98. The zero-order chi connectivity index (χ0) is 36.6. The number of amides is 3. The highest BCUT2D eigenvalue weighted by Crippen LogP contribution is 2.33. The molecule has 14 heteroatoms. The van der Waals surface area contributed by atoms with Crippen molar-refractivity contribution in [2.45, 2.75) is 63.3 Å². The maximum atomic E-state index is 13.2. The number of aryl methyl sites for hydroxylation is 1. The number of imide groups is 1. The van der Waals surface area contributed by atoms with Gasteiger partial charge in [0.2, 0.25) is 11.8 Å². The first-order valence-corrected chi connectivity index (χ1v) is 19.0. The van der Waals surface area contributed by atoms with Crippen LogP contribution in [0.4, 0.5) is 23.0 Å². The van der Waals surface area contributed by atoms with E-state index in [-0.39, 0.29) is 23.7 Å². The molecule has 53 heavy (non-hydrogen) atoms. The molecule has 0 aliphatic carbocycles. The Labute approximate surface area is 308 Å². The van der Waals surface area contributed by atoms with E-state index < -0.39 is 17.9 Å². The molecule has 2 aromatic heterocycles. The first-order chi connectivity index (χ1) is 25.7. The molecule has 4 aliphatic heterocycles. The smallest absolute Gasteiger partial charge is 0.329 e. The van der Waals surface area contributed by atoms with E-state index in [4.69, 9.17) is 10.7 Å². The second-order valence-electron chi connectivity index (χ2n) is 15.1. The minimum absolute atomic E-state index is 0.141. The van der Waals surface area contributed by atoms with Gasteiger partial charge in [-0.2, -0.15) is 0 Å². The highest BCUT2D eigenvalue weighted by atomic mass is 16.2. The average Bonchev–Trinajstić information content (AvgIpc) is 3.74. The Morgan fingerprint density at radius 2 is 1.68 bits per heavy atom. The number of imidazole rings is 1. The zero-order valence-corrected chi connectivity index (χ0v) is 30.3. The summed E-state index contributed by atoms with van der Waals surface area (Å²) in [5, 5.41) is 5.68. The number of carbonyl (C=O) groups excluding carboxylic acids is 3. The third-order valence-electron chi connectivity index (χ3n) is 11.7. The Morgan fingerprint density at radius 1 is 0.906 bits per heavy atom. The van der Waals surface area contributed by atoms with Gasteiger partial charge >= 0.3 is 5.69 Å². The number of likely N-dealkylation sites (tertiary alicyclic amines) is 1. The van der Waals surface area contributed by atoms with Gasteiger partial charge in [0.1, 0.15) is 11.9 Å². The molecular formula is C39H48N10O4. The number of nitrogens with two attached hydrogens (primary N) is 1. The maximum absolute atomic E-state index is 13.2. The van der Waals surface area contributed by atoms with Crippen molar-refractivity contribution in [2.75, 3.05) is 60.9 Å². The summed E-state index contributed by atoms with van der Waals surface area (Å²) >= 11 is 0. The average molecular weight is 721 g/mol. The van der Waals surface area contributed by atoms with Gasteiger partial charge in [-0.25, -0.2) is 14.8 Å². The minimum Gasteiger partial charge on any atom is -0.371 e. The lowest BCUT2D eigenvalue weighted by molar-refractivity contribution is -0.135. The number of carbonyl (C=O) groups is 3. The summed E-state index contributed by atoms with van der Waals surface area (Å²) in [6.45, 7) is 6.98. The van der Waals surface area contributed by atoms with E-state index in [1.165, 1.54) is 16.6 Å². The van der Waals surface area contributed by atoms with E-state index in [0.29, 0.717) is 29.6 Å². The molecule has 4 fully saturated rings. The van der Waals surface area contributed by atoms with Gasteiger partial charge in [-0.05, 0) is 106 Å². The van der Waals surface area contributed by atoms with Crippen LogP contribution in [-0.4, -0.2) is 87.5 Å². The SMILES string of the molecule is Cn1c(=O)n([C@@H]2CCC(=O)NC2=O)c2ccc(N3CC[C@@H](CN4CCC(c5ccc(Nc6nc(N7CCCCC7)cnc6C(N)=O)cc5)CC4)C3)cc21. The summed E-state index contributed by atoms with van der Waals surface area (Å²) in [7, 11) is 1.74. The molecule has 3 amide bonds. The van der Waals surface area contributed by atoms with Crippen LogP contribution in [0.3, 0.4) is 0 Å². The van der Waals surface area contributed by atoms with Crippen LogP contribution < -0.4 is 31.9 Å². The molecule has 0 saturated carbocycles. The van der Waals surface area contributed by atoms with Gasteiger partial charge in [0, 0.05) is 57.6 Å². The number of anilines is 4. The fraction of sp³-hybridized carbons (Fsp3) is 0.487. The van der Waals surface area contributed by atoms with Gasteiger partial charge in [0.15, 0.2) is 11.5 Å². The second kappa shape index (κ2) is 14.6. The molecule has 0 unspecified atom stereocenters. The van der Waals surface area contributed by atoms with E-state index in [9.17, 15) is 19.2 Å². The molecule has 0 spiro atoms. The molecule has 14 nitrogen and oxygen atoms in total. The van der Waals surface area contributed by atoms with Crippen molar-refractivity contribution in [2.24, 2.45) is 18.7 Å². The van der Waals surface area contributed by atoms with Crippen molar-refractivity contribution in [1.82, 2.24) is 29.3 Å². The first-order valence-electron chi connectivity index (χ1n) is 19.0. The number of rotatable bonds is 9. The van der Waals surface area contributed by atoms with Gasteiger partial charge < -0.3 is 25.8 Å². The van der Waals surface area contributed by atoms with Crippen LogP contribution in [0.1, 0.15) is 79.4 Å². The molecule has 4 N–H and O–H groups in total. The lowest BCUT2D eigenvalue weighted by atomic mass is 9.89. The summed E-state index contributed by atoms with van der Waals surface area (Å²) in [5.41, 5.74) is 10.3. The van der Waals surface area contributed by atoms with Crippen molar-refractivity contribution < 1.29 is 14.4 Å². The van der Waals surface area contributed by atoms with Crippen LogP contribution in [0.5, 0.6) is 0 Å². The number of aromatic nitrogens is 4. The number of piperidine rings is 3. The number of hydrogen-bond donors (Lipinski definition) is 3. The van der Waals surface area contributed by atoms with Crippen LogP contribution in [0.15, 0.2) is 53.5 Å². The fourth-order valence-corrected chi connectivity index (χ4v) is 8.71. The van der Waals surface area contributed by atoms with Crippen molar-refractivity contribution >= 4 is 51.8 Å². The fourth-order valence-electron chi connectivity index (χ4n) is 8.71. The lowest BCUT2D eigenvalue weighted by Gasteiger charge is -2.34. The molecule has 4 saturated heterocycles. The summed E-state index contributed by atoms with van der Waals surface area (Å²) in [4.78, 5) is 66.0. The van der Waals surface area contributed by atoms with Crippen LogP contribution in [0.2, 0.25) is 0 Å². The van der Waals surface area contributed by atoms with Gasteiger partial charge in [-0.3, -0.25) is 28.8 Å². The van der Waals surface area contributed by atoms with E-state index in [0.717, 1.165) is 101 Å². The molecule has 0 radical (unpaired) electrons. The van der Waals surface area contributed by atoms with Crippen LogP contribution >= 0.6 is 0 Å². The number of hydrogen-bond acceptors (Lipinski definition) is 10. The second-order valence-corrected chi connectivity index (χ2v) is 15.1. The number of nitrogens with zero attached hydrogens (tertiary/aromatic N) is 7. The zero-order valence-electron chi connectivity index (χ0n) is 30.3. The van der Waals surface area contributed by atoms with Crippen LogP contribution in [0.25, 0.3) is 11.0 Å². The van der Waals surface area contributed by atoms with Gasteiger partial charge in [-0.15, -0.1) is 0 Å². The van der Waals surface area contributed by atoms with Gasteiger partial charge in [-0.1, -0.05) is 12.1 Å². The molecule has 8 rings (SSSR count). The van der Waals surface area contributed by atoms with Crippen LogP contribution in [0, 0.1) is 5.92 Å². The first kappa shape index (κ1) is 34.8. The topological polar surface area (TPSA) is 164 Å². The van der Waals surface area contributed by atoms with Gasteiger partial charge in [0.25, 0.3) is 5.91 Å². The number of nitrogens with one attached hydrogen (secondary N) is 2. The van der Waals surface area contributed by atoms with Crippen molar-refractivity contribution in [3.8, 4) is 0 Å².